The topological polar surface area (TPSA) is 46.6 Å². The summed E-state index contributed by atoms with van der Waals surface area (Å²) in [7, 11) is -1.94. The molecular weight excluding hydrogens is 310 g/mol. The van der Waals surface area contributed by atoms with Gasteiger partial charge in [-0.1, -0.05) is 30.3 Å². The third-order valence-electron chi connectivity index (χ3n) is 4.84. The third kappa shape index (κ3) is 2.26. The van der Waals surface area contributed by atoms with E-state index in [1.807, 2.05) is 24.3 Å². The predicted octanol–water partition coefficient (Wildman–Crippen LogP) is 3.07. The summed E-state index contributed by atoms with van der Waals surface area (Å²) in [5.41, 5.74) is 2.93. The summed E-state index contributed by atoms with van der Waals surface area (Å²) in [6, 6.07) is 14.9. The van der Waals surface area contributed by atoms with E-state index in [9.17, 15) is 8.42 Å². The minimum atomic E-state index is -3.55. The second kappa shape index (κ2) is 5.08. The van der Waals surface area contributed by atoms with Crippen molar-refractivity contribution < 1.29 is 13.2 Å². The monoisotopic (exact) mass is 329 g/mol. The van der Waals surface area contributed by atoms with E-state index in [1.165, 1.54) is 5.56 Å². The molecule has 4 rings (SSSR count). The maximum atomic E-state index is 13.2. The largest absolute Gasteiger partial charge is 0.380 e. The zero-order valence-corrected chi connectivity index (χ0v) is 13.8. The first kappa shape index (κ1) is 14.7. The average molecular weight is 329 g/mol. The molecule has 120 valence electrons. The van der Waals surface area contributed by atoms with Crippen LogP contribution in [-0.2, 0) is 26.8 Å². The van der Waals surface area contributed by atoms with Gasteiger partial charge in [-0.25, -0.2) is 8.42 Å². The number of fused-ring (bicyclic) bond motifs is 2. The van der Waals surface area contributed by atoms with E-state index in [1.54, 1.807) is 29.6 Å². The van der Waals surface area contributed by atoms with Gasteiger partial charge in [-0.15, -0.1) is 0 Å². The van der Waals surface area contributed by atoms with Gasteiger partial charge < -0.3 is 4.74 Å². The molecule has 0 aromatic heterocycles. The second-order valence-electron chi connectivity index (χ2n) is 6.39. The molecule has 2 aliphatic rings. The fourth-order valence-corrected chi connectivity index (χ4v) is 5.11. The molecule has 1 aliphatic carbocycles. The van der Waals surface area contributed by atoms with Crippen molar-refractivity contribution >= 4 is 15.7 Å². The highest BCUT2D eigenvalue weighted by Crippen LogP contribution is 2.57. The van der Waals surface area contributed by atoms with Crippen LogP contribution >= 0.6 is 0 Å². The van der Waals surface area contributed by atoms with E-state index < -0.39 is 10.0 Å². The predicted molar refractivity (Wildman–Crippen MR) is 89.0 cm³/mol. The molecule has 0 bridgehead atoms. The van der Waals surface area contributed by atoms with Crippen LogP contribution in [0.25, 0.3) is 0 Å². The van der Waals surface area contributed by atoms with Gasteiger partial charge in [-0.3, -0.25) is 4.31 Å². The van der Waals surface area contributed by atoms with Crippen LogP contribution in [0, 0.1) is 0 Å². The number of ether oxygens (including phenoxy) is 1. The van der Waals surface area contributed by atoms with Gasteiger partial charge in [0.1, 0.15) is 0 Å². The van der Waals surface area contributed by atoms with Gasteiger partial charge in [0.15, 0.2) is 0 Å². The maximum absolute atomic E-state index is 13.2. The second-order valence-corrected chi connectivity index (χ2v) is 8.25. The molecule has 0 atom stereocenters. The van der Waals surface area contributed by atoms with Crippen molar-refractivity contribution in [1.29, 1.82) is 0 Å². The Kier molecular flexibility index (Phi) is 3.25. The van der Waals surface area contributed by atoms with Gasteiger partial charge in [0.25, 0.3) is 10.0 Å². The number of nitrogens with zero attached hydrogens (tertiary/aromatic N) is 1. The highest BCUT2D eigenvalue weighted by Gasteiger charge is 2.54. The zero-order valence-electron chi connectivity index (χ0n) is 13.0. The Balaban J connectivity index is 1.77. The van der Waals surface area contributed by atoms with E-state index in [-0.39, 0.29) is 5.41 Å². The Labute approximate surface area is 136 Å². The summed E-state index contributed by atoms with van der Waals surface area (Å²) in [5.74, 6) is 0. The van der Waals surface area contributed by atoms with Gasteiger partial charge >= 0.3 is 0 Å². The third-order valence-corrected chi connectivity index (χ3v) is 6.60. The number of hydrogen-bond donors (Lipinski definition) is 0. The Hall–Kier alpha value is -1.85. The molecule has 1 fully saturated rings. The number of hydrogen-bond acceptors (Lipinski definition) is 3. The maximum Gasteiger partial charge on any atom is 0.264 e. The molecule has 4 nitrogen and oxygen atoms in total. The van der Waals surface area contributed by atoms with Gasteiger partial charge in [0.05, 0.1) is 17.2 Å². The van der Waals surface area contributed by atoms with Gasteiger partial charge in [-0.2, -0.15) is 0 Å². The lowest BCUT2D eigenvalue weighted by atomic mass is 9.99. The summed E-state index contributed by atoms with van der Waals surface area (Å²) in [6.07, 6.45) is 2.14. The summed E-state index contributed by atoms with van der Waals surface area (Å²) in [6.45, 7) is 0.965. The summed E-state index contributed by atoms with van der Waals surface area (Å²) >= 11 is 0. The Morgan fingerprint density at radius 1 is 1.13 bits per heavy atom. The van der Waals surface area contributed by atoms with Crippen molar-refractivity contribution in [2.24, 2.45) is 0 Å². The van der Waals surface area contributed by atoms with Crippen LogP contribution in [0.3, 0.4) is 0 Å². The van der Waals surface area contributed by atoms with Gasteiger partial charge in [0.2, 0.25) is 0 Å². The molecule has 2 aromatic rings. The first-order valence-electron chi connectivity index (χ1n) is 7.77. The number of rotatable bonds is 4. The van der Waals surface area contributed by atoms with Crippen LogP contribution in [0.5, 0.6) is 0 Å². The summed E-state index contributed by atoms with van der Waals surface area (Å²) in [5, 5.41) is 0. The lowest BCUT2D eigenvalue weighted by Crippen LogP contribution is -2.31. The zero-order chi connectivity index (χ0) is 16.1. The smallest absolute Gasteiger partial charge is 0.264 e. The van der Waals surface area contributed by atoms with E-state index in [0.29, 0.717) is 18.0 Å². The Morgan fingerprint density at radius 3 is 2.65 bits per heavy atom. The van der Waals surface area contributed by atoms with Crippen LogP contribution in [0.15, 0.2) is 53.4 Å². The van der Waals surface area contributed by atoms with Crippen molar-refractivity contribution in [3.63, 3.8) is 0 Å². The molecule has 5 heteroatoms. The van der Waals surface area contributed by atoms with Crippen molar-refractivity contribution in [2.45, 2.75) is 29.8 Å². The van der Waals surface area contributed by atoms with Crippen molar-refractivity contribution in [3.8, 4) is 0 Å². The summed E-state index contributed by atoms with van der Waals surface area (Å²) in [4.78, 5) is 0.333. The summed E-state index contributed by atoms with van der Waals surface area (Å²) < 4.78 is 33.0. The van der Waals surface area contributed by atoms with Crippen LogP contribution in [0.2, 0.25) is 0 Å². The van der Waals surface area contributed by atoms with E-state index in [4.69, 9.17) is 4.74 Å². The molecule has 0 radical (unpaired) electrons. The molecule has 0 unspecified atom stereocenters. The fourth-order valence-electron chi connectivity index (χ4n) is 3.47. The number of para-hydroxylation sites is 1. The SMILES string of the molecule is COCc1cccc(S(=O)(=O)N2CC3(CC3)c3ccccc32)c1. The minimum absolute atomic E-state index is 0.0494. The molecular formula is C18H19NO3S. The van der Waals surface area contributed by atoms with E-state index in [2.05, 4.69) is 6.07 Å². The molecule has 23 heavy (non-hydrogen) atoms. The average Bonchev–Trinajstić information content (AvgIpc) is 3.26. The van der Waals surface area contributed by atoms with Crippen LogP contribution in [0.1, 0.15) is 24.0 Å². The quantitative estimate of drug-likeness (QED) is 0.866. The lowest BCUT2D eigenvalue weighted by molar-refractivity contribution is 0.184. The van der Waals surface area contributed by atoms with Crippen molar-refractivity contribution in [2.75, 3.05) is 18.0 Å². The van der Waals surface area contributed by atoms with Gasteiger partial charge in [-0.05, 0) is 42.2 Å². The number of anilines is 1. The Bertz CT molecular complexity index is 856. The lowest BCUT2D eigenvalue weighted by Gasteiger charge is -2.20. The fraction of sp³-hybridized carbons (Fsp3) is 0.333. The molecule has 1 heterocycles. The number of sulfonamides is 1. The Morgan fingerprint density at radius 2 is 1.91 bits per heavy atom. The number of benzene rings is 2. The molecule has 0 N–H and O–H groups in total. The van der Waals surface area contributed by atoms with Gasteiger partial charge in [0, 0.05) is 19.1 Å². The number of methoxy groups -OCH3 is 1. The highest BCUT2D eigenvalue weighted by atomic mass is 32.2. The van der Waals surface area contributed by atoms with Crippen molar-refractivity contribution in [1.82, 2.24) is 0 Å². The first-order valence-corrected chi connectivity index (χ1v) is 9.21. The standard InChI is InChI=1S/C18H19NO3S/c1-22-12-14-5-4-6-15(11-14)23(20,21)19-13-18(9-10-18)16-7-2-3-8-17(16)19/h2-8,11H,9-10,12-13H2,1H3. The van der Waals surface area contributed by atoms with E-state index in [0.717, 1.165) is 24.1 Å². The van der Waals surface area contributed by atoms with Crippen LogP contribution in [0.4, 0.5) is 5.69 Å². The molecule has 2 aromatic carbocycles. The van der Waals surface area contributed by atoms with Crippen LogP contribution in [-0.4, -0.2) is 22.1 Å². The molecule has 1 saturated carbocycles. The van der Waals surface area contributed by atoms with Crippen molar-refractivity contribution in [3.05, 3.63) is 59.7 Å². The minimum Gasteiger partial charge on any atom is -0.380 e. The van der Waals surface area contributed by atoms with Crippen LogP contribution < -0.4 is 4.31 Å². The molecule has 0 amide bonds. The van der Waals surface area contributed by atoms with E-state index >= 15 is 0 Å². The first-order chi connectivity index (χ1) is 11.1. The molecule has 1 aliphatic heterocycles. The molecule has 1 spiro atoms. The molecule has 0 saturated heterocycles. The normalized spacial score (nSPS) is 18.2. The highest BCUT2D eigenvalue weighted by molar-refractivity contribution is 7.92.